The highest BCUT2D eigenvalue weighted by atomic mass is 16.6. The number of unbranched alkanes of at least 4 members (excludes halogenated alkanes) is 1. The van der Waals surface area contributed by atoms with Gasteiger partial charge >= 0.3 is 6.09 Å². The molecule has 2 bridgehead atoms. The van der Waals surface area contributed by atoms with Gasteiger partial charge in [0, 0.05) is 13.0 Å². The minimum atomic E-state index is -0.321. The maximum Gasteiger partial charge on any atom is 0.407 e. The van der Waals surface area contributed by atoms with E-state index in [0.717, 1.165) is 19.3 Å². The van der Waals surface area contributed by atoms with Crippen LogP contribution in [0.3, 0.4) is 0 Å². The van der Waals surface area contributed by atoms with Gasteiger partial charge in [0.25, 0.3) is 0 Å². The zero-order valence-corrected chi connectivity index (χ0v) is 8.94. The third kappa shape index (κ3) is 2.50. The smallest absolute Gasteiger partial charge is 0.407 e. The second-order valence-electron chi connectivity index (χ2n) is 3.98. The summed E-state index contributed by atoms with van der Waals surface area (Å²) in [4.78, 5) is 11.3. The topological polar surface area (TPSA) is 47.6 Å². The number of alkyl carbamates (subject to hydrolysis) is 1. The molecule has 3 unspecified atom stereocenters. The summed E-state index contributed by atoms with van der Waals surface area (Å²) in [5.74, 6) is 0. The molecule has 1 N–H and O–H groups in total. The number of nitrogens with one attached hydrogen (secondary N) is 1. The first-order chi connectivity index (χ1) is 7.29. The summed E-state index contributed by atoms with van der Waals surface area (Å²) >= 11 is 0. The lowest BCUT2D eigenvalue weighted by atomic mass is 10.1. The van der Waals surface area contributed by atoms with E-state index < -0.39 is 0 Å². The van der Waals surface area contributed by atoms with Crippen LogP contribution in [-0.4, -0.2) is 30.9 Å². The Kier molecular flexibility index (Phi) is 3.26. The van der Waals surface area contributed by atoms with Crippen LogP contribution in [0.1, 0.15) is 26.2 Å². The van der Waals surface area contributed by atoms with E-state index in [9.17, 15) is 4.79 Å². The summed E-state index contributed by atoms with van der Waals surface area (Å²) in [5.41, 5.74) is 0. The van der Waals surface area contributed by atoms with E-state index in [4.69, 9.17) is 9.47 Å². The molecular weight excluding hydrogens is 194 g/mol. The van der Waals surface area contributed by atoms with Gasteiger partial charge in [0.15, 0.2) is 0 Å². The summed E-state index contributed by atoms with van der Waals surface area (Å²) < 4.78 is 10.8. The van der Waals surface area contributed by atoms with Gasteiger partial charge in [0.1, 0.15) is 12.2 Å². The molecule has 4 heteroatoms. The molecule has 2 aliphatic rings. The van der Waals surface area contributed by atoms with Crippen LogP contribution in [0.15, 0.2) is 12.2 Å². The third-order valence-corrected chi connectivity index (χ3v) is 2.74. The van der Waals surface area contributed by atoms with Gasteiger partial charge in [0.2, 0.25) is 0 Å². The highest BCUT2D eigenvalue weighted by molar-refractivity contribution is 5.67. The van der Waals surface area contributed by atoms with Crippen molar-refractivity contribution in [2.45, 2.75) is 44.5 Å². The van der Waals surface area contributed by atoms with Crippen LogP contribution in [0.2, 0.25) is 0 Å². The average Bonchev–Trinajstić information content (AvgIpc) is 2.79. The molecule has 2 aliphatic heterocycles. The van der Waals surface area contributed by atoms with Crippen LogP contribution in [0, 0.1) is 0 Å². The maximum absolute atomic E-state index is 11.3. The molecule has 1 saturated heterocycles. The molecule has 0 aromatic carbocycles. The van der Waals surface area contributed by atoms with Gasteiger partial charge in [-0.25, -0.2) is 4.79 Å². The molecule has 0 saturated carbocycles. The monoisotopic (exact) mass is 211 g/mol. The number of carbonyl (C=O) groups excluding carboxylic acids is 1. The zero-order valence-electron chi connectivity index (χ0n) is 8.94. The lowest BCUT2D eigenvalue weighted by Gasteiger charge is -2.16. The Balaban J connectivity index is 1.69. The second kappa shape index (κ2) is 4.66. The molecule has 2 rings (SSSR count). The van der Waals surface area contributed by atoms with Gasteiger partial charge in [0.05, 0.1) is 6.10 Å². The molecular formula is C11H17NO3. The van der Waals surface area contributed by atoms with Crippen LogP contribution < -0.4 is 5.32 Å². The van der Waals surface area contributed by atoms with Crippen molar-refractivity contribution in [3.05, 3.63) is 12.2 Å². The van der Waals surface area contributed by atoms with E-state index >= 15 is 0 Å². The predicted octanol–water partition coefficient (Wildman–Crippen LogP) is 1.61. The SMILES string of the molecule is CCCCNC(=O)OC1CC2C=CC1O2. The Morgan fingerprint density at radius 1 is 1.60 bits per heavy atom. The Hall–Kier alpha value is -1.03. The van der Waals surface area contributed by atoms with Crippen molar-refractivity contribution in [2.75, 3.05) is 6.54 Å². The standard InChI is InChI=1S/C11H17NO3/c1-2-3-6-12-11(13)15-10-7-8-4-5-9(10)14-8/h4-5,8-10H,2-3,6-7H2,1H3,(H,12,13). The Bertz CT molecular complexity index is 265. The normalized spacial score (nSPS) is 31.9. The number of amides is 1. The predicted molar refractivity (Wildman–Crippen MR) is 55.6 cm³/mol. The summed E-state index contributed by atoms with van der Waals surface area (Å²) in [6.45, 7) is 2.77. The van der Waals surface area contributed by atoms with Crippen LogP contribution in [0.4, 0.5) is 4.79 Å². The quantitative estimate of drug-likeness (QED) is 0.567. The Labute approximate surface area is 89.6 Å². The van der Waals surface area contributed by atoms with Gasteiger partial charge in [-0.3, -0.25) is 0 Å². The van der Waals surface area contributed by atoms with E-state index in [1.165, 1.54) is 0 Å². The van der Waals surface area contributed by atoms with Crippen molar-refractivity contribution in [1.29, 1.82) is 0 Å². The van der Waals surface area contributed by atoms with Crippen LogP contribution in [-0.2, 0) is 9.47 Å². The van der Waals surface area contributed by atoms with Crippen molar-refractivity contribution in [1.82, 2.24) is 5.32 Å². The van der Waals surface area contributed by atoms with E-state index in [0.29, 0.717) is 6.54 Å². The molecule has 2 heterocycles. The fourth-order valence-corrected chi connectivity index (χ4v) is 1.90. The lowest BCUT2D eigenvalue weighted by molar-refractivity contribution is 0.0491. The third-order valence-electron chi connectivity index (χ3n) is 2.74. The van der Waals surface area contributed by atoms with Gasteiger partial charge in [-0.05, 0) is 6.42 Å². The number of ether oxygens (including phenoxy) is 2. The van der Waals surface area contributed by atoms with Gasteiger partial charge < -0.3 is 14.8 Å². The molecule has 15 heavy (non-hydrogen) atoms. The molecule has 0 aromatic rings. The molecule has 0 aliphatic carbocycles. The minimum Gasteiger partial charge on any atom is -0.443 e. The summed E-state index contributed by atoms with van der Waals surface area (Å²) in [7, 11) is 0. The molecule has 1 fully saturated rings. The number of hydrogen-bond donors (Lipinski definition) is 1. The van der Waals surface area contributed by atoms with E-state index in [1.54, 1.807) is 0 Å². The highest BCUT2D eigenvalue weighted by Crippen LogP contribution is 2.30. The van der Waals surface area contributed by atoms with Crippen molar-refractivity contribution < 1.29 is 14.3 Å². The lowest BCUT2D eigenvalue weighted by Crippen LogP contribution is -2.33. The zero-order chi connectivity index (χ0) is 10.7. The second-order valence-corrected chi connectivity index (χ2v) is 3.98. The largest absolute Gasteiger partial charge is 0.443 e. The molecule has 4 nitrogen and oxygen atoms in total. The average molecular weight is 211 g/mol. The van der Waals surface area contributed by atoms with Crippen molar-refractivity contribution in [3.8, 4) is 0 Å². The maximum atomic E-state index is 11.3. The number of rotatable bonds is 4. The van der Waals surface area contributed by atoms with E-state index in [-0.39, 0.29) is 24.4 Å². The van der Waals surface area contributed by atoms with Gasteiger partial charge in [-0.15, -0.1) is 0 Å². The first kappa shape index (κ1) is 10.5. The van der Waals surface area contributed by atoms with Crippen molar-refractivity contribution in [3.63, 3.8) is 0 Å². The Morgan fingerprint density at radius 2 is 2.47 bits per heavy atom. The van der Waals surface area contributed by atoms with Crippen LogP contribution in [0.5, 0.6) is 0 Å². The first-order valence-electron chi connectivity index (χ1n) is 5.58. The summed E-state index contributed by atoms with van der Waals surface area (Å²) in [6.07, 6.45) is 6.57. The fraction of sp³-hybridized carbons (Fsp3) is 0.727. The molecule has 84 valence electrons. The molecule has 0 aromatic heterocycles. The van der Waals surface area contributed by atoms with Crippen LogP contribution >= 0.6 is 0 Å². The van der Waals surface area contributed by atoms with E-state index in [2.05, 4.69) is 12.2 Å². The fourth-order valence-electron chi connectivity index (χ4n) is 1.90. The molecule has 0 spiro atoms. The number of hydrogen-bond acceptors (Lipinski definition) is 3. The minimum absolute atomic E-state index is 0.0214. The van der Waals surface area contributed by atoms with Gasteiger partial charge in [-0.1, -0.05) is 25.5 Å². The number of fused-ring (bicyclic) bond motifs is 2. The van der Waals surface area contributed by atoms with E-state index in [1.807, 2.05) is 12.2 Å². The molecule has 0 radical (unpaired) electrons. The van der Waals surface area contributed by atoms with Crippen molar-refractivity contribution in [2.24, 2.45) is 0 Å². The van der Waals surface area contributed by atoms with Crippen molar-refractivity contribution >= 4 is 6.09 Å². The summed E-state index contributed by atoms with van der Waals surface area (Å²) in [5, 5.41) is 2.73. The molecule has 1 amide bonds. The van der Waals surface area contributed by atoms with Crippen LogP contribution in [0.25, 0.3) is 0 Å². The first-order valence-corrected chi connectivity index (χ1v) is 5.58. The highest BCUT2D eigenvalue weighted by Gasteiger charge is 2.39. The number of carbonyl (C=O) groups is 1. The van der Waals surface area contributed by atoms with Gasteiger partial charge in [-0.2, -0.15) is 0 Å². The Morgan fingerprint density at radius 3 is 3.07 bits per heavy atom. The summed E-state index contributed by atoms with van der Waals surface area (Å²) in [6, 6.07) is 0. The molecule has 3 atom stereocenters.